The van der Waals surface area contributed by atoms with Crippen LogP contribution < -0.4 is 0 Å². The van der Waals surface area contributed by atoms with Crippen LogP contribution in [-0.2, 0) is 6.54 Å². The van der Waals surface area contributed by atoms with E-state index in [1.165, 1.54) is 5.56 Å². The molecule has 0 unspecified atom stereocenters. The Balaban J connectivity index is 1.41. The largest absolute Gasteiger partial charge is 0.336 e. The zero-order chi connectivity index (χ0) is 17.9. The van der Waals surface area contributed by atoms with Crippen LogP contribution in [-0.4, -0.2) is 56.7 Å². The molecule has 1 saturated heterocycles. The summed E-state index contributed by atoms with van der Waals surface area (Å²) in [6.07, 6.45) is 1.77. The van der Waals surface area contributed by atoms with E-state index in [2.05, 4.69) is 38.7 Å². The van der Waals surface area contributed by atoms with Gasteiger partial charge < -0.3 is 4.90 Å². The monoisotopic (exact) mass is 367 g/mol. The molecule has 1 aromatic carbocycles. The Labute approximate surface area is 156 Å². The van der Waals surface area contributed by atoms with Crippen LogP contribution in [0.4, 0.5) is 0 Å². The van der Waals surface area contributed by atoms with Gasteiger partial charge in [-0.1, -0.05) is 18.2 Å². The number of hydrogen-bond donors (Lipinski definition) is 0. The second-order valence-electron chi connectivity index (χ2n) is 6.48. The number of hydrogen-bond acceptors (Lipinski definition) is 5. The fraction of sp³-hybridized carbons (Fsp3) is 0.316. The second-order valence-corrected chi connectivity index (χ2v) is 7.26. The fourth-order valence-corrected chi connectivity index (χ4v) is 3.91. The van der Waals surface area contributed by atoms with Gasteiger partial charge in [0.1, 0.15) is 6.33 Å². The van der Waals surface area contributed by atoms with Gasteiger partial charge in [-0.05, 0) is 30.0 Å². The van der Waals surface area contributed by atoms with Crippen molar-refractivity contribution in [3.8, 4) is 5.69 Å². The van der Waals surface area contributed by atoms with Crippen molar-refractivity contribution in [2.75, 3.05) is 26.2 Å². The highest BCUT2D eigenvalue weighted by molar-refractivity contribution is 7.08. The molecule has 1 amide bonds. The van der Waals surface area contributed by atoms with Crippen molar-refractivity contribution in [1.29, 1.82) is 0 Å². The lowest BCUT2D eigenvalue weighted by atomic mass is 10.2. The van der Waals surface area contributed by atoms with Crippen molar-refractivity contribution >= 4 is 17.2 Å². The Morgan fingerprint density at radius 1 is 1.15 bits per heavy atom. The van der Waals surface area contributed by atoms with Crippen LogP contribution in [0.25, 0.3) is 5.69 Å². The average Bonchev–Trinajstić information content (AvgIpc) is 3.34. The third kappa shape index (κ3) is 3.40. The number of rotatable bonds is 4. The molecule has 0 radical (unpaired) electrons. The van der Waals surface area contributed by atoms with Gasteiger partial charge >= 0.3 is 0 Å². The van der Waals surface area contributed by atoms with Crippen LogP contribution in [0.3, 0.4) is 0 Å². The van der Waals surface area contributed by atoms with E-state index < -0.39 is 0 Å². The fourth-order valence-electron chi connectivity index (χ4n) is 3.28. The summed E-state index contributed by atoms with van der Waals surface area (Å²) in [5.41, 5.74) is 3.10. The normalized spacial score (nSPS) is 15.3. The van der Waals surface area contributed by atoms with Gasteiger partial charge in [-0.3, -0.25) is 14.3 Å². The molecule has 0 bridgehead atoms. The zero-order valence-electron chi connectivity index (χ0n) is 14.7. The van der Waals surface area contributed by atoms with Crippen LogP contribution in [0, 0.1) is 6.92 Å². The van der Waals surface area contributed by atoms with Gasteiger partial charge in [-0.25, -0.2) is 0 Å². The number of piperazine rings is 1. The molecular formula is C19H21N5OS. The maximum absolute atomic E-state index is 12.4. The van der Waals surface area contributed by atoms with Crippen molar-refractivity contribution in [1.82, 2.24) is 24.6 Å². The summed E-state index contributed by atoms with van der Waals surface area (Å²) in [4.78, 5) is 16.7. The standard InChI is InChI=1S/C19H21N5OS/c1-15-4-2-3-5-17(15)24-14-20-21-18(24)12-22-7-9-23(10-8-22)19(25)16-6-11-26-13-16/h2-6,11,13-14H,7-10,12H2,1H3. The van der Waals surface area contributed by atoms with E-state index in [1.807, 2.05) is 33.9 Å². The highest BCUT2D eigenvalue weighted by atomic mass is 32.1. The lowest BCUT2D eigenvalue weighted by Crippen LogP contribution is -2.48. The maximum Gasteiger partial charge on any atom is 0.254 e. The molecule has 3 heterocycles. The molecule has 1 aliphatic rings. The van der Waals surface area contributed by atoms with Gasteiger partial charge in [0.2, 0.25) is 0 Å². The van der Waals surface area contributed by atoms with E-state index in [1.54, 1.807) is 17.7 Å². The van der Waals surface area contributed by atoms with E-state index in [4.69, 9.17) is 0 Å². The summed E-state index contributed by atoms with van der Waals surface area (Å²) in [5.74, 6) is 1.06. The Bertz CT molecular complexity index is 881. The first-order chi connectivity index (χ1) is 12.7. The first-order valence-electron chi connectivity index (χ1n) is 8.71. The van der Waals surface area contributed by atoms with Gasteiger partial charge in [-0.15, -0.1) is 10.2 Å². The van der Waals surface area contributed by atoms with E-state index >= 15 is 0 Å². The lowest BCUT2D eigenvalue weighted by Gasteiger charge is -2.34. The predicted octanol–water partition coefficient (Wildman–Crippen LogP) is 2.60. The number of aryl methyl sites for hydroxylation is 1. The number of nitrogens with zero attached hydrogens (tertiary/aromatic N) is 5. The van der Waals surface area contributed by atoms with Crippen molar-refractivity contribution in [3.05, 3.63) is 64.4 Å². The summed E-state index contributed by atoms with van der Waals surface area (Å²) in [5, 5.41) is 12.3. The predicted molar refractivity (Wildman–Crippen MR) is 102 cm³/mol. The van der Waals surface area contributed by atoms with E-state index in [0.717, 1.165) is 49.8 Å². The summed E-state index contributed by atoms with van der Waals surface area (Å²) in [7, 11) is 0. The number of amides is 1. The highest BCUT2D eigenvalue weighted by Crippen LogP contribution is 2.17. The molecule has 2 aromatic heterocycles. The van der Waals surface area contributed by atoms with Crippen LogP contribution in [0.1, 0.15) is 21.7 Å². The highest BCUT2D eigenvalue weighted by Gasteiger charge is 2.23. The number of benzene rings is 1. The zero-order valence-corrected chi connectivity index (χ0v) is 15.5. The van der Waals surface area contributed by atoms with Crippen molar-refractivity contribution in [2.45, 2.75) is 13.5 Å². The molecule has 0 saturated carbocycles. The molecule has 4 rings (SSSR count). The molecule has 134 valence electrons. The van der Waals surface area contributed by atoms with E-state index in [-0.39, 0.29) is 5.91 Å². The Kier molecular flexibility index (Phi) is 4.81. The van der Waals surface area contributed by atoms with Crippen molar-refractivity contribution in [3.63, 3.8) is 0 Å². The van der Waals surface area contributed by atoms with Crippen LogP contribution >= 0.6 is 11.3 Å². The number of thiophene rings is 1. The average molecular weight is 367 g/mol. The lowest BCUT2D eigenvalue weighted by molar-refractivity contribution is 0.0625. The van der Waals surface area contributed by atoms with Gasteiger partial charge in [-0.2, -0.15) is 11.3 Å². The minimum absolute atomic E-state index is 0.133. The Hall–Kier alpha value is -2.51. The third-order valence-electron chi connectivity index (χ3n) is 4.79. The molecule has 7 heteroatoms. The summed E-state index contributed by atoms with van der Waals surface area (Å²) in [6.45, 7) is 6.00. The number of carbonyl (C=O) groups excluding carboxylic acids is 1. The van der Waals surface area contributed by atoms with Gasteiger partial charge in [0.25, 0.3) is 5.91 Å². The molecule has 6 nitrogen and oxygen atoms in total. The van der Waals surface area contributed by atoms with Gasteiger partial charge in [0.15, 0.2) is 5.82 Å². The molecule has 26 heavy (non-hydrogen) atoms. The van der Waals surface area contributed by atoms with Gasteiger partial charge in [0.05, 0.1) is 17.8 Å². The van der Waals surface area contributed by atoms with Gasteiger partial charge in [0, 0.05) is 31.6 Å². The minimum atomic E-state index is 0.133. The van der Waals surface area contributed by atoms with Crippen LogP contribution in [0.2, 0.25) is 0 Å². The Morgan fingerprint density at radius 3 is 2.69 bits per heavy atom. The topological polar surface area (TPSA) is 54.3 Å². The summed E-state index contributed by atoms with van der Waals surface area (Å²) >= 11 is 1.56. The Morgan fingerprint density at radius 2 is 1.96 bits per heavy atom. The number of para-hydroxylation sites is 1. The van der Waals surface area contributed by atoms with E-state index in [9.17, 15) is 4.79 Å². The maximum atomic E-state index is 12.4. The first-order valence-corrected chi connectivity index (χ1v) is 9.65. The smallest absolute Gasteiger partial charge is 0.254 e. The minimum Gasteiger partial charge on any atom is -0.336 e. The van der Waals surface area contributed by atoms with Crippen LogP contribution in [0.5, 0.6) is 0 Å². The molecule has 3 aromatic rings. The molecule has 1 fully saturated rings. The quantitative estimate of drug-likeness (QED) is 0.711. The third-order valence-corrected chi connectivity index (χ3v) is 5.47. The summed E-state index contributed by atoms with van der Waals surface area (Å²) < 4.78 is 2.05. The number of carbonyl (C=O) groups is 1. The molecule has 0 N–H and O–H groups in total. The first kappa shape index (κ1) is 16.9. The number of aromatic nitrogens is 3. The van der Waals surface area contributed by atoms with Crippen molar-refractivity contribution in [2.24, 2.45) is 0 Å². The van der Waals surface area contributed by atoms with Crippen LogP contribution in [0.15, 0.2) is 47.4 Å². The molecular weight excluding hydrogens is 346 g/mol. The molecule has 0 aliphatic carbocycles. The van der Waals surface area contributed by atoms with Crippen molar-refractivity contribution < 1.29 is 4.79 Å². The SMILES string of the molecule is Cc1ccccc1-n1cnnc1CN1CCN(C(=O)c2ccsc2)CC1. The molecule has 1 aliphatic heterocycles. The molecule has 0 atom stereocenters. The molecule has 0 spiro atoms. The summed E-state index contributed by atoms with van der Waals surface area (Å²) in [6, 6.07) is 10.1. The second kappa shape index (κ2) is 7.39. The van der Waals surface area contributed by atoms with E-state index in [0.29, 0.717) is 0 Å².